The average molecular weight is 892 g/mol. The molecule has 0 bridgehead atoms. The van der Waals surface area contributed by atoms with Crippen molar-refractivity contribution >= 4 is 12.2 Å². The topological polar surface area (TPSA) is 92.8 Å². The third kappa shape index (κ3) is 11.7. The van der Waals surface area contributed by atoms with Crippen molar-refractivity contribution in [1.82, 2.24) is 4.90 Å². The van der Waals surface area contributed by atoms with Gasteiger partial charge >= 0.3 is 30.8 Å². The molecule has 4 aromatic rings. The average Bonchev–Trinajstić information content (AvgIpc) is 3.16. The number of nitrogens with zero attached hydrogens (tertiary/aromatic N) is 1. The van der Waals surface area contributed by atoms with Crippen molar-refractivity contribution < 1.29 is 81.9 Å². The van der Waals surface area contributed by atoms with Gasteiger partial charge in [0.1, 0.15) is 17.2 Å². The van der Waals surface area contributed by atoms with Crippen molar-refractivity contribution in [3.05, 3.63) is 106 Å². The molecule has 9 nitrogen and oxygen atoms in total. The lowest BCUT2D eigenvalue weighted by Crippen LogP contribution is -2.45. The van der Waals surface area contributed by atoms with Gasteiger partial charge in [0.05, 0.1) is 50.6 Å². The van der Waals surface area contributed by atoms with Crippen LogP contribution in [0.15, 0.2) is 66.7 Å². The van der Waals surface area contributed by atoms with Crippen LogP contribution in [0.3, 0.4) is 0 Å². The Kier molecular flexibility index (Phi) is 14.6. The summed E-state index contributed by atoms with van der Waals surface area (Å²) in [5, 5.41) is 0. The highest BCUT2D eigenvalue weighted by atomic mass is 19.4. The molecule has 0 fully saturated rings. The molecular weight excluding hydrogens is 848 g/mol. The summed E-state index contributed by atoms with van der Waals surface area (Å²) >= 11 is 0. The molecule has 0 aliphatic carbocycles. The minimum atomic E-state index is -5.39. The fourth-order valence-corrected chi connectivity index (χ4v) is 6.32. The smallest absolute Gasteiger partial charge is 0.496 e. The minimum absolute atomic E-state index is 0.0453. The second-order valence-corrected chi connectivity index (χ2v) is 15.2. The van der Waals surface area contributed by atoms with E-state index < -0.39 is 94.8 Å². The largest absolute Gasteiger partial charge is 0.514 e. The Morgan fingerprint density at radius 2 is 1.19 bits per heavy atom. The molecule has 0 heterocycles. The Hall–Kier alpha value is -5.88. The number of amides is 1. The summed E-state index contributed by atoms with van der Waals surface area (Å²) in [5.41, 5.74) is -7.36. The van der Waals surface area contributed by atoms with Crippen molar-refractivity contribution in [2.45, 2.75) is 90.3 Å². The maximum absolute atomic E-state index is 15.2. The summed E-state index contributed by atoms with van der Waals surface area (Å²) in [6, 6.07) is 7.30. The van der Waals surface area contributed by atoms with Crippen LogP contribution in [0.25, 0.3) is 11.1 Å². The molecule has 0 unspecified atom stereocenters. The molecule has 4 aromatic carbocycles. The molecular formula is C43H43F10NO8. The molecule has 2 atom stereocenters. The number of benzene rings is 4. The first-order valence-electron chi connectivity index (χ1n) is 18.6. The molecule has 19 heteroatoms. The number of rotatable bonds is 12. The highest BCUT2D eigenvalue weighted by Gasteiger charge is 2.42. The van der Waals surface area contributed by atoms with Gasteiger partial charge in [-0.3, -0.25) is 4.90 Å². The van der Waals surface area contributed by atoms with Gasteiger partial charge in [0, 0.05) is 11.6 Å². The van der Waals surface area contributed by atoms with Crippen LogP contribution in [0.1, 0.15) is 86.9 Å². The SMILES string of the molecule is COc1cc(F)c(C(C)C)cc1-c1ccc(C(F)(F)F)cc1CN(C(=O)OC(C)(C)C)[C@@H](C)[C@H](OC(=O)Oc1c(OC)cccc1OC)c1cc(C(F)(F)F)cc(C(F)(F)F)c1. The lowest BCUT2D eigenvalue weighted by atomic mass is 9.91. The van der Waals surface area contributed by atoms with E-state index in [0.717, 1.165) is 19.1 Å². The molecule has 0 N–H and O–H groups in total. The molecule has 0 spiro atoms. The van der Waals surface area contributed by atoms with E-state index in [1.807, 2.05) is 0 Å². The van der Waals surface area contributed by atoms with Crippen LogP contribution in [0.2, 0.25) is 0 Å². The second kappa shape index (κ2) is 18.6. The third-order valence-corrected chi connectivity index (χ3v) is 9.29. The molecule has 4 rings (SSSR count). The number of methoxy groups -OCH3 is 3. The zero-order chi connectivity index (χ0) is 46.7. The molecule has 0 aliphatic heterocycles. The molecule has 0 saturated carbocycles. The molecule has 0 aliphatic rings. The standard InChI is InChI=1S/C43H43F10NO8/c1-22(2)30-19-31(35(59-9)20-32(30)44)29-14-13-26(41(45,46)47)17-25(29)21-54(38(55)62-40(4,5)6)23(3)36(24-15-27(42(48,49)50)18-28(16-24)43(51,52)53)60-39(56)61-37-33(57-7)11-10-12-34(37)58-8/h10-20,22-23,36H,21H2,1-9H3/t23-,36-/m0/s1. The number of hydrogen-bond acceptors (Lipinski definition) is 8. The summed E-state index contributed by atoms with van der Waals surface area (Å²) in [4.78, 5) is 28.5. The van der Waals surface area contributed by atoms with Gasteiger partial charge in [0.25, 0.3) is 0 Å². The Balaban J connectivity index is 2.04. The van der Waals surface area contributed by atoms with E-state index in [-0.39, 0.29) is 57.7 Å². The number of hydrogen-bond donors (Lipinski definition) is 0. The lowest BCUT2D eigenvalue weighted by Gasteiger charge is -2.36. The van der Waals surface area contributed by atoms with E-state index >= 15 is 4.39 Å². The van der Waals surface area contributed by atoms with Gasteiger partial charge in [-0.1, -0.05) is 26.0 Å². The van der Waals surface area contributed by atoms with Crippen LogP contribution in [0, 0.1) is 5.82 Å². The number of ether oxygens (including phenoxy) is 6. The summed E-state index contributed by atoms with van der Waals surface area (Å²) in [5.74, 6) is -1.93. The molecule has 0 aromatic heterocycles. The van der Waals surface area contributed by atoms with E-state index in [4.69, 9.17) is 28.4 Å². The summed E-state index contributed by atoms with van der Waals surface area (Å²) in [6.45, 7) is 7.68. The second-order valence-electron chi connectivity index (χ2n) is 15.2. The Bertz CT molecular complexity index is 2190. The molecule has 0 radical (unpaired) electrons. The zero-order valence-corrected chi connectivity index (χ0v) is 34.8. The van der Waals surface area contributed by atoms with Crippen LogP contribution in [-0.2, 0) is 34.5 Å². The lowest BCUT2D eigenvalue weighted by molar-refractivity contribution is -0.143. The van der Waals surface area contributed by atoms with Gasteiger partial charge in [-0.25, -0.2) is 14.0 Å². The number of carbonyl (C=O) groups excluding carboxylic acids is 2. The first-order chi connectivity index (χ1) is 28.6. The van der Waals surface area contributed by atoms with Crippen LogP contribution >= 0.6 is 0 Å². The Morgan fingerprint density at radius 1 is 0.661 bits per heavy atom. The molecule has 338 valence electrons. The highest BCUT2D eigenvalue weighted by molar-refractivity contribution is 5.76. The summed E-state index contributed by atoms with van der Waals surface area (Å²) in [6.07, 6.45) is -21.2. The number of para-hydroxylation sites is 1. The fourth-order valence-electron chi connectivity index (χ4n) is 6.32. The predicted octanol–water partition coefficient (Wildman–Crippen LogP) is 12.8. The van der Waals surface area contributed by atoms with Crippen molar-refractivity contribution in [2.24, 2.45) is 0 Å². The van der Waals surface area contributed by atoms with Gasteiger partial charge in [-0.2, -0.15) is 39.5 Å². The van der Waals surface area contributed by atoms with Crippen LogP contribution in [-0.4, -0.2) is 50.1 Å². The van der Waals surface area contributed by atoms with Gasteiger partial charge in [0.2, 0.25) is 5.75 Å². The summed E-state index contributed by atoms with van der Waals surface area (Å²) < 4.78 is 176. The van der Waals surface area contributed by atoms with Crippen LogP contribution in [0.5, 0.6) is 23.0 Å². The number of carbonyl (C=O) groups is 2. The van der Waals surface area contributed by atoms with Gasteiger partial charge in [-0.15, -0.1) is 0 Å². The van der Waals surface area contributed by atoms with E-state index in [9.17, 15) is 49.1 Å². The van der Waals surface area contributed by atoms with Gasteiger partial charge in [-0.05, 0) is 104 Å². The molecule has 1 amide bonds. The number of halogens is 10. The molecule has 62 heavy (non-hydrogen) atoms. The van der Waals surface area contributed by atoms with E-state index in [2.05, 4.69) is 0 Å². The first-order valence-corrected chi connectivity index (χ1v) is 18.6. The Morgan fingerprint density at radius 3 is 1.66 bits per heavy atom. The highest BCUT2D eigenvalue weighted by Crippen LogP contribution is 2.43. The maximum Gasteiger partial charge on any atom is 0.514 e. The van der Waals surface area contributed by atoms with Crippen LogP contribution in [0.4, 0.5) is 53.5 Å². The van der Waals surface area contributed by atoms with Crippen molar-refractivity contribution in [3.8, 4) is 34.1 Å². The van der Waals surface area contributed by atoms with Crippen LogP contribution < -0.4 is 18.9 Å². The van der Waals surface area contributed by atoms with Gasteiger partial charge in [0.15, 0.2) is 17.6 Å². The summed E-state index contributed by atoms with van der Waals surface area (Å²) in [7, 11) is 3.55. The van der Waals surface area contributed by atoms with E-state index in [1.54, 1.807) is 13.8 Å². The number of alkyl halides is 9. The van der Waals surface area contributed by atoms with Gasteiger partial charge < -0.3 is 28.4 Å². The fraction of sp³-hybridized carbons (Fsp3) is 0.395. The quantitative estimate of drug-likeness (QED) is 0.0789. The van der Waals surface area contributed by atoms with Crippen molar-refractivity contribution in [2.75, 3.05) is 21.3 Å². The minimum Gasteiger partial charge on any atom is -0.496 e. The zero-order valence-electron chi connectivity index (χ0n) is 34.8. The normalized spacial score (nSPS) is 13.3. The third-order valence-electron chi connectivity index (χ3n) is 9.29. The van der Waals surface area contributed by atoms with E-state index in [0.29, 0.717) is 17.0 Å². The molecule has 0 saturated heterocycles. The monoisotopic (exact) mass is 891 g/mol. The predicted molar refractivity (Wildman–Crippen MR) is 205 cm³/mol. The van der Waals surface area contributed by atoms with Crippen molar-refractivity contribution in [3.63, 3.8) is 0 Å². The Labute approximate surface area is 350 Å². The first kappa shape index (κ1) is 48.8. The van der Waals surface area contributed by atoms with Crippen molar-refractivity contribution in [1.29, 1.82) is 0 Å². The maximum atomic E-state index is 15.2. The van der Waals surface area contributed by atoms with E-state index in [1.165, 1.54) is 66.4 Å².